The molecule has 4 aliphatic heterocycles. The number of aromatic nitrogens is 3. The summed E-state index contributed by atoms with van der Waals surface area (Å²) in [4.78, 5) is 4.64. The van der Waals surface area contributed by atoms with Gasteiger partial charge in [0.25, 0.3) is 0 Å². The molecule has 6 heteroatoms. The maximum Gasteiger partial charge on any atom is 0.376 e. The Bertz CT molecular complexity index is 1790. The molecule has 2 aromatic heterocycles. The second kappa shape index (κ2) is 6.48. The van der Waals surface area contributed by atoms with Crippen LogP contribution in [-0.4, -0.2) is 27.9 Å². The smallest absolute Gasteiger partial charge is 0.376 e. The standard InChI is InChI=1S/C31H22N5O/c1-33-17-18-34-25-10-5-11-27-29(25)31(30(33)34)35-24(9-6-12-28(35)37-27)26-19-23(32-36(26)31)22-15-13-21(14-16-22)20-7-3-2-4-8-20/h2-19,30H,1H3/q+1. The van der Waals surface area contributed by atoms with Crippen LogP contribution in [0.5, 0.6) is 11.6 Å². The number of hydrogen-bond acceptors (Lipinski definition) is 4. The van der Waals surface area contributed by atoms with Crippen molar-refractivity contribution in [3.8, 4) is 45.4 Å². The molecule has 0 amide bonds. The Morgan fingerprint density at radius 2 is 1.59 bits per heavy atom. The van der Waals surface area contributed by atoms with Crippen molar-refractivity contribution in [3.05, 3.63) is 115 Å². The predicted molar refractivity (Wildman–Crippen MR) is 141 cm³/mol. The van der Waals surface area contributed by atoms with Crippen LogP contribution in [0.4, 0.5) is 5.69 Å². The lowest BCUT2D eigenvalue weighted by atomic mass is 9.96. The van der Waals surface area contributed by atoms with Crippen LogP contribution < -0.4 is 14.2 Å². The van der Waals surface area contributed by atoms with Crippen molar-refractivity contribution in [2.75, 3.05) is 11.9 Å². The molecular weight excluding hydrogens is 458 g/mol. The quantitative estimate of drug-likeness (QED) is 0.317. The molecule has 1 spiro atoms. The minimum atomic E-state index is -0.577. The van der Waals surface area contributed by atoms with E-state index < -0.39 is 5.66 Å². The normalized spacial score (nSPS) is 20.9. The number of hydrogen-bond donors (Lipinski definition) is 0. The minimum Gasteiger partial charge on any atom is -0.404 e. The monoisotopic (exact) mass is 480 g/mol. The first-order valence-electron chi connectivity index (χ1n) is 12.6. The molecule has 9 rings (SSSR count). The number of nitrogens with zero attached hydrogens (tertiary/aromatic N) is 5. The second-order valence-electron chi connectivity index (χ2n) is 10.1. The molecule has 2 atom stereocenters. The molecular formula is C31H22N5O+. The molecule has 0 saturated heterocycles. The van der Waals surface area contributed by atoms with E-state index in [0.29, 0.717) is 0 Å². The fraction of sp³-hybridized carbons (Fsp3) is 0.0968. The predicted octanol–water partition coefficient (Wildman–Crippen LogP) is 5.40. The molecule has 0 N–H and O–H groups in total. The van der Waals surface area contributed by atoms with Crippen molar-refractivity contribution in [2.45, 2.75) is 11.8 Å². The number of anilines is 1. The summed E-state index contributed by atoms with van der Waals surface area (Å²) < 4.78 is 11.1. The first-order chi connectivity index (χ1) is 18.2. The van der Waals surface area contributed by atoms with Gasteiger partial charge >= 0.3 is 11.5 Å². The number of likely N-dealkylation sites (N-methyl/N-ethyl adjacent to an activating group) is 1. The van der Waals surface area contributed by atoms with Crippen molar-refractivity contribution in [3.63, 3.8) is 0 Å². The SMILES string of the molecule is CN1C=CN2c3cccc4c3C3(C12)n1nc(-c2ccc(-c5ccccc5)cc2)cc1-c1cccc([n+]13)O4. The van der Waals surface area contributed by atoms with E-state index >= 15 is 0 Å². The number of pyridine rings is 1. The maximum absolute atomic E-state index is 6.48. The van der Waals surface area contributed by atoms with Gasteiger partial charge in [0.1, 0.15) is 17.0 Å². The van der Waals surface area contributed by atoms with E-state index in [1.807, 2.05) is 6.07 Å². The molecule has 176 valence electrons. The molecule has 0 bridgehead atoms. The lowest BCUT2D eigenvalue weighted by Crippen LogP contribution is -2.69. The molecule has 0 aliphatic carbocycles. The molecule has 37 heavy (non-hydrogen) atoms. The van der Waals surface area contributed by atoms with E-state index in [2.05, 4.69) is 129 Å². The summed E-state index contributed by atoms with van der Waals surface area (Å²) in [6.07, 6.45) is 4.32. The van der Waals surface area contributed by atoms with E-state index in [4.69, 9.17) is 9.84 Å². The van der Waals surface area contributed by atoms with Crippen LogP contribution in [0.25, 0.3) is 33.8 Å². The van der Waals surface area contributed by atoms with E-state index in [9.17, 15) is 0 Å². The topological polar surface area (TPSA) is 37.4 Å². The zero-order valence-electron chi connectivity index (χ0n) is 20.1. The van der Waals surface area contributed by atoms with E-state index in [0.717, 1.165) is 45.5 Å². The first kappa shape index (κ1) is 19.4. The molecule has 0 fully saturated rings. The van der Waals surface area contributed by atoms with E-state index in [1.165, 1.54) is 11.1 Å². The highest BCUT2D eigenvalue weighted by atomic mass is 16.5. The molecule has 2 unspecified atom stereocenters. The summed E-state index contributed by atoms with van der Waals surface area (Å²) in [5.74, 6) is 1.73. The van der Waals surface area contributed by atoms with Crippen molar-refractivity contribution in [2.24, 2.45) is 0 Å². The fourth-order valence-corrected chi connectivity index (χ4v) is 6.74. The third-order valence-corrected chi connectivity index (χ3v) is 8.21. The number of benzene rings is 3. The molecule has 6 nitrogen and oxygen atoms in total. The maximum atomic E-state index is 6.48. The average molecular weight is 481 g/mol. The Morgan fingerprint density at radius 3 is 2.46 bits per heavy atom. The van der Waals surface area contributed by atoms with Crippen LogP contribution in [0.2, 0.25) is 0 Å². The van der Waals surface area contributed by atoms with Crippen LogP contribution >= 0.6 is 0 Å². The lowest BCUT2D eigenvalue weighted by Gasteiger charge is -2.35. The Balaban J connectivity index is 1.28. The molecule has 0 radical (unpaired) electrons. The van der Waals surface area contributed by atoms with E-state index in [-0.39, 0.29) is 6.17 Å². The highest BCUT2D eigenvalue weighted by molar-refractivity contribution is 5.76. The van der Waals surface area contributed by atoms with Crippen molar-refractivity contribution >= 4 is 5.69 Å². The highest BCUT2D eigenvalue weighted by Crippen LogP contribution is 2.57. The van der Waals surface area contributed by atoms with Gasteiger partial charge in [-0.05, 0) is 35.4 Å². The molecule has 0 saturated carbocycles. The van der Waals surface area contributed by atoms with Gasteiger partial charge in [-0.15, -0.1) is 4.57 Å². The molecule has 6 heterocycles. The van der Waals surface area contributed by atoms with E-state index in [1.54, 1.807) is 0 Å². The van der Waals surface area contributed by atoms with Gasteiger partial charge in [0, 0.05) is 31.1 Å². The Labute approximate surface area is 213 Å². The van der Waals surface area contributed by atoms with Crippen molar-refractivity contribution < 1.29 is 9.30 Å². The minimum absolute atomic E-state index is 0.00640. The molecule has 3 aromatic carbocycles. The zero-order valence-corrected chi connectivity index (χ0v) is 20.1. The van der Waals surface area contributed by atoms with Crippen LogP contribution in [0.3, 0.4) is 0 Å². The van der Waals surface area contributed by atoms with Gasteiger partial charge < -0.3 is 14.5 Å². The fourth-order valence-electron chi connectivity index (χ4n) is 6.74. The van der Waals surface area contributed by atoms with Crippen LogP contribution in [0.15, 0.2) is 109 Å². The average Bonchev–Trinajstić information content (AvgIpc) is 3.68. The summed E-state index contributed by atoms with van der Waals surface area (Å²) in [7, 11) is 2.14. The van der Waals surface area contributed by atoms with Crippen molar-refractivity contribution in [1.29, 1.82) is 0 Å². The van der Waals surface area contributed by atoms with Gasteiger partial charge in [0.15, 0.2) is 0 Å². The van der Waals surface area contributed by atoms with Crippen molar-refractivity contribution in [1.82, 2.24) is 14.7 Å². The summed E-state index contributed by atoms with van der Waals surface area (Å²) in [6, 6.07) is 34.1. The number of rotatable bonds is 2. The summed E-state index contributed by atoms with van der Waals surface area (Å²) in [6.45, 7) is 0. The zero-order chi connectivity index (χ0) is 24.3. The summed E-state index contributed by atoms with van der Waals surface area (Å²) >= 11 is 0. The highest BCUT2D eigenvalue weighted by Gasteiger charge is 2.72. The Hall–Kier alpha value is -4.84. The molecule has 5 aromatic rings. The van der Waals surface area contributed by atoms with Gasteiger partial charge in [0.2, 0.25) is 11.9 Å². The second-order valence-corrected chi connectivity index (χ2v) is 10.1. The van der Waals surface area contributed by atoms with Gasteiger partial charge in [0.05, 0.1) is 17.4 Å². The van der Waals surface area contributed by atoms with Crippen LogP contribution in [-0.2, 0) is 5.66 Å². The summed E-state index contributed by atoms with van der Waals surface area (Å²) in [5.41, 5.74) is 8.44. The van der Waals surface area contributed by atoms with Gasteiger partial charge in [-0.3, -0.25) is 0 Å². The lowest BCUT2D eigenvalue weighted by molar-refractivity contribution is -0.753. The Kier molecular flexibility index (Phi) is 3.39. The molecule has 4 aliphatic rings. The first-order valence-corrected chi connectivity index (χ1v) is 12.6. The number of fused-ring (bicyclic) bond motifs is 4. The number of ether oxygens (including phenoxy) is 1. The largest absolute Gasteiger partial charge is 0.404 e. The van der Waals surface area contributed by atoms with Gasteiger partial charge in [-0.1, -0.05) is 60.7 Å². The van der Waals surface area contributed by atoms with Crippen LogP contribution in [0, 0.1) is 0 Å². The van der Waals surface area contributed by atoms with Crippen LogP contribution in [0.1, 0.15) is 5.56 Å². The third-order valence-electron chi connectivity index (χ3n) is 8.21. The van der Waals surface area contributed by atoms with Gasteiger partial charge in [-0.25, -0.2) is 0 Å². The summed E-state index contributed by atoms with van der Waals surface area (Å²) in [5, 5.41) is 5.33. The van der Waals surface area contributed by atoms with Gasteiger partial charge in [-0.2, -0.15) is 9.78 Å². The third kappa shape index (κ3) is 2.18. The Morgan fingerprint density at radius 1 is 0.811 bits per heavy atom.